The number of nitrogens with two attached hydrogens (primary N) is 1. The van der Waals surface area contributed by atoms with Crippen molar-refractivity contribution in [3.63, 3.8) is 0 Å². The van der Waals surface area contributed by atoms with E-state index in [0.29, 0.717) is 12.3 Å². The molecule has 0 aliphatic carbocycles. The topological polar surface area (TPSA) is 52.3 Å². The van der Waals surface area contributed by atoms with Crippen LogP contribution in [0.4, 0.5) is 5.69 Å². The molecular formula is C11H15NO2S. The smallest absolute Gasteiger partial charge is 0.310 e. The van der Waals surface area contributed by atoms with Crippen LogP contribution in [0.25, 0.3) is 0 Å². The molecule has 3 nitrogen and oxygen atoms in total. The fourth-order valence-electron chi connectivity index (χ4n) is 1.14. The second-order valence-electron chi connectivity index (χ2n) is 3.09. The summed E-state index contributed by atoms with van der Waals surface area (Å²) in [5.74, 6) is 0.609. The summed E-state index contributed by atoms with van der Waals surface area (Å²) in [6.45, 7) is 0.465. The molecule has 1 aromatic carbocycles. The van der Waals surface area contributed by atoms with Crippen molar-refractivity contribution in [2.24, 2.45) is 0 Å². The van der Waals surface area contributed by atoms with E-state index in [9.17, 15) is 4.79 Å². The quantitative estimate of drug-likeness (QED) is 0.471. The summed E-state index contributed by atoms with van der Waals surface area (Å²) in [5, 5.41) is 0. The van der Waals surface area contributed by atoms with E-state index in [2.05, 4.69) is 0 Å². The third-order valence-electron chi connectivity index (χ3n) is 1.94. The Hall–Kier alpha value is -1.16. The molecule has 4 heteroatoms. The lowest BCUT2D eigenvalue weighted by Gasteiger charge is -2.05. The fourth-order valence-corrected chi connectivity index (χ4v) is 1.39. The number of hydrogen-bond donors (Lipinski definition) is 1. The third kappa shape index (κ3) is 4.25. The van der Waals surface area contributed by atoms with E-state index >= 15 is 0 Å². The summed E-state index contributed by atoms with van der Waals surface area (Å²) in [4.78, 5) is 11.4. The van der Waals surface area contributed by atoms with E-state index in [1.165, 1.54) is 0 Å². The van der Waals surface area contributed by atoms with E-state index in [1.54, 1.807) is 17.8 Å². The van der Waals surface area contributed by atoms with Crippen LogP contribution in [-0.2, 0) is 16.0 Å². The standard InChI is InChI=1S/C11H15NO2S/c1-15-7-6-14-11(13)8-9-4-2-3-5-10(9)12/h2-5H,6-8,12H2,1H3. The number of rotatable bonds is 5. The number of hydrogen-bond acceptors (Lipinski definition) is 4. The van der Waals surface area contributed by atoms with Gasteiger partial charge < -0.3 is 10.5 Å². The van der Waals surface area contributed by atoms with Crippen LogP contribution in [0.5, 0.6) is 0 Å². The van der Waals surface area contributed by atoms with Crippen LogP contribution in [0.15, 0.2) is 24.3 Å². The van der Waals surface area contributed by atoms with E-state index in [1.807, 2.05) is 24.5 Å². The summed E-state index contributed by atoms with van der Waals surface area (Å²) >= 11 is 1.65. The molecule has 2 N–H and O–H groups in total. The van der Waals surface area contributed by atoms with Crippen molar-refractivity contribution in [1.29, 1.82) is 0 Å². The van der Waals surface area contributed by atoms with Crippen molar-refractivity contribution in [2.75, 3.05) is 24.3 Å². The number of para-hydroxylation sites is 1. The van der Waals surface area contributed by atoms with Gasteiger partial charge in [-0.2, -0.15) is 11.8 Å². The molecule has 15 heavy (non-hydrogen) atoms. The molecule has 0 fully saturated rings. The van der Waals surface area contributed by atoms with Crippen LogP contribution >= 0.6 is 11.8 Å². The van der Waals surface area contributed by atoms with Crippen LogP contribution in [0.1, 0.15) is 5.56 Å². The number of thioether (sulfide) groups is 1. The number of anilines is 1. The van der Waals surface area contributed by atoms with Crippen molar-refractivity contribution in [1.82, 2.24) is 0 Å². The van der Waals surface area contributed by atoms with Gasteiger partial charge >= 0.3 is 5.97 Å². The molecule has 0 bridgehead atoms. The van der Waals surface area contributed by atoms with Gasteiger partial charge in [-0.15, -0.1) is 0 Å². The van der Waals surface area contributed by atoms with E-state index < -0.39 is 0 Å². The van der Waals surface area contributed by atoms with Crippen LogP contribution < -0.4 is 5.73 Å². The number of ether oxygens (including phenoxy) is 1. The van der Waals surface area contributed by atoms with Crippen molar-refractivity contribution in [2.45, 2.75) is 6.42 Å². The second-order valence-corrected chi connectivity index (χ2v) is 4.07. The summed E-state index contributed by atoms with van der Waals surface area (Å²) in [6, 6.07) is 7.33. The normalized spacial score (nSPS) is 9.93. The fraction of sp³-hybridized carbons (Fsp3) is 0.364. The number of nitrogen functional groups attached to an aromatic ring is 1. The Labute approximate surface area is 94.0 Å². The second kappa shape index (κ2) is 6.35. The van der Waals surface area contributed by atoms with Gasteiger partial charge in [0.1, 0.15) is 6.61 Å². The molecule has 0 saturated carbocycles. The number of carbonyl (C=O) groups is 1. The Morgan fingerprint density at radius 3 is 2.87 bits per heavy atom. The Morgan fingerprint density at radius 1 is 1.47 bits per heavy atom. The maximum Gasteiger partial charge on any atom is 0.310 e. The van der Waals surface area contributed by atoms with Crippen LogP contribution in [-0.4, -0.2) is 24.6 Å². The van der Waals surface area contributed by atoms with Gasteiger partial charge in [0.2, 0.25) is 0 Å². The molecule has 0 radical (unpaired) electrons. The lowest BCUT2D eigenvalue weighted by atomic mass is 10.1. The van der Waals surface area contributed by atoms with Crippen molar-refractivity contribution in [3.05, 3.63) is 29.8 Å². The highest BCUT2D eigenvalue weighted by Crippen LogP contribution is 2.11. The average Bonchev–Trinajstić information content (AvgIpc) is 2.22. The third-order valence-corrected chi connectivity index (χ3v) is 2.52. The first-order chi connectivity index (χ1) is 7.24. The maximum atomic E-state index is 11.4. The summed E-state index contributed by atoms with van der Waals surface area (Å²) in [6.07, 6.45) is 2.23. The van der Waals surface area contributed by atoms with E-state index in [-0.39, 0.29) is 12.4 Å². The molecule has 0 aliphatic heterocycles. The molecule has 0 saturated heterocycles. The maximum absolute atomic E-state index is 11.4. The van der Waals surface area contributed by atoms with Crippen LogP contribution in [0.2, 0.25) is 0 Å². The zero-order valence-corrected chi connectivity index (χ0v) is 9.55. The molecule has 0 unspecified atom stereocenters. The predicted octanol–water partition coefficient (Wildman–Crippen LogP) is 1.72. The van der Waals surface area contributed by atoms with Crippen molar-refractivity contribution in [3.8, 4) is 0 Å². The van der Waals surface area contributed by atoms with Crippen LogP contribution in [0, 0.1) is 0 Å². The predicted molar refractivity (Wildman–Crippen MR) is 63.9 cm³/mol. The first kappa shape index (κ1) is 11.9. The Morgan fingerprint density at radius 2 is 2.20 bits per heavy atom. The highest BCUT2D eigenvalue weighted by atomic mass is 32.2. The SMILES string of the molecule is CSCCOC(=O)Cc1ccccc1N. The molecule has 0 amide bonds. The first-order valence-corrected chi connectivity index (χ1v) is 6.11. The minimum atomic E-state index is -0.220. The van der Waals surface area contributed by atoms with E-state index in [4.69, 9.17) is 10.5 Å². The lowest BCUT2D eigenvalue weighted by Crippen LogP contribution is -2.11. The van der Waals surface area contributed by atoms with Gasteiger partial charge in [0.15, 0.2) is 0 Å². The van der Waals surface area contributed by atoms with Gasteiger partial charge in [0.25, 0.3) is 0 Å². The van der Waals surface area contributed by atoms with Crippen molar-refractivity contribution < 1.29 is 9.53 Å². The molecule has 0 aromatic heterocycles. The van der Waals surface area contributed by atoms with Gasteiger partial charge in [-0.3, -0.25) is 4.79 Å². The minimum Gasteiger partial charge on any atom is -0.465 e. The zero-order chi connectivity index (χ0) is 11.1. The monoisotopic (exact) mass is 225 g/mol. The zero-order valence-electron chi connectivity index (χ0n) is 8.73. The first-order valence-electron chi connectivity index (χ1n) is 4.72. The lowest BCUT2D eigenvalue weighted by molar-refractivity contribution is -0.142. The van der Waals surface area contributed by atoms with Gasteiger partial charge in [0.05, 0.1) is 6.42 Å². The Balaban J connectivity index is 2.41. The molecule has 0 spiro atoms. The van der Waals surface area contributed by atoms with E-state index in [0.717, 1.165) is 11.3 Å². The number of carbonyl (C=O) groups excluding carboxylic acids is 1. The molecule has 1 rings (SSSR count). The van der Waals surface area contributed by atoms with Gasteiger partial charge in [-0.25, -0.2) is 0 Å². The summed E-state index contributed by atoms with van der Waals surface area (Å²) < 4.78 is 5.03. The molecule has 0 heterocycles. The molecule has 82 valence electrons. The minimum absolute atomic E-state index is 0.220. The largest absolute Gasteiger partial charge is 0.465 e. The molecule has 0 aliphatic rings. The van der Waals surface area contributed by atoms with Crippen molar-refractivity contribution >= 4 is 23.4 Å². The molecule has 1 aromatic rings. The average molecular weight is 225 g/mol. The number of esters is 1. The van der Waals surface area contributed by atoms with Gasteiger partial charge in [-0.05, 0) is 17.9 Å². The highest BCUT2D eigenvalue weighted by Gasteiger charge is 2.06. The van der Waals surface area contributed by atoms with Gasteiger partial charge in [0, 0.05) is 11.4 Å². The summed E-state index contributed by atoms with van der Waals surface area (Å²) in [5.41, 5.74) is 7.18. The number of benzene rings is 1. The van der Waals surface area contributed by atoms with Crippen LogP contribution in [0.3, 0.4) is 0 Å². The highest BCUT2D eigenvalue weighted by molar-refractivity contribution is 7.98. The Bertz CT molecular complexity index is 328. The van der Waals surface area contributed by atoms with Gasteiger partial charge in [-0.1, -0.05) is 18.2 Å². The summed E-state index contributed by atoms with van der Waals surface area (Å²) in [7, 11) is 0. The molecule has 0 atom stereocenters. The Kier molecular flexibility index (Phi) is 5.04. The molecular weight excluding hydrogens is 210 g/mol.